The maximum absolute atomic E-state index is 12.3. The Morgan fingerprint density at radius 2 is 1.64 bits per heavy atom. The van der Waals surface area contributed by atoms with E-state index in [0.717, 1.165) is 22.1 Å². The van der Waals surface area contributed by atoms with Gasteiger partial charge in [-0.2, -0.15) is 3.28 Å². The summed E-state index contributed by atoms with van der Waals surface area (Å²) in [7, 11) is 0. The third-order valence-electron chi connectivity index (χ3n) is 3.71. The van der Waals surface area contributed by atoms with Gasteiger partial charge < -0.3 is 9.64 Å². The second-order valence-corrected chi connectivity index (χ2v) is 6.12. The van der Waals surface area contributed by atoms with Gasteiger partial charge in [-0.1, -0.05) is 12.1 Å². The van der Waals surface area contributed by atoms with Crippen molar-refractivity contribution in [2.75, 3.05) is 21.3 Å². The van der Waals surface area contributed by atoms with Crippen LogP contribution in [0.25, 0.3) is 11.1 Å². The molecule has 25 heavy (non-hydrogen) atoms. The number of anilines is 2. The maximum atomic E-state index is 12.3. The van der Waals surface area contributed by atoms with Crippen molar-refractivity contribution in [2.24, 2.45) is 0 Å². The number of rotatable bonds is 6. The number of alkyl halides is 3. The van der Waals surface area contributed by atoms with Gasteiger partial charge in [0.15, 0.2) is 0 Å². The zero-order valence-electron chi connectivity index (χ0n) is 13.7. The number of halogens is 4. The molecule has 136 valence electrons. The van der Waals surface area contributed by atoms with Crippen LogP contribution in [0, 0.1) is 0 Å². The molecule has 0 saturated carbocycles. The highest BCUT2D eigenvalue weighted by Gasteiger charge is 2.31. The first-order valence-electron chi connectivity index (χ1n) is 7.65. The third-order valence-corrected chi connectivity index (χ3v) is 4.23. The molecule has 0 fully saturated rings. The van der Waals surface area contributed by atoms with E-state index in [2.05, 4.69) is 9.64 Å². The molecule has 0 aliphatic rings. The summed E-state index contributed by atoms with van der Waals surface area (Å²) in [6, 6.07) is 11.2. The van der Waals surface area contributed by atoms with E-state index in [-0.39, 0.29) is 5.75 Å². The van der Waals surface area contributed by atoms with Gasteiger partial charge in [0, 0.05) is 24.3 Å². The van der Waals surface area contributed by atoms with E-state index in [0.29, 0.717) is 16.8 Å². The molecule has 0 amide bonds. The van der Waals surface area contributed by atoms with Gasteiger partial charge in [-0.05, 0) is 49.7 Å². The number of benzene rings is 2. The summed E-state index contributed by atoms with van der Waals surface area (Å²) in [5.41, 5.74) is 2.90. The molecule has 2 aromatic rings. The highest BCUT2D eigenvalue weighted by Crippen LogP contribution is 2.36. The van der Waals surface area contributed by atoms with Crippen LogP contribution in [0.4, 0.5) is 24.5 Å². The van der Waals surface area contributed by atoms with Crippen LogP contribution in [0.5, 0.6) is 5.75 Å². The molecular weight excluding hydrogens is 448 g/mol. The Hall–Kier alpha value is -1.68. The lowest BCUT2D eigenvalue weighted by atomic mass is 10.0. The van der Waals surface area contributed by atoms with E-state index in [1.165, 1.54) is 24.3 Å². The predicted molar refractivity (Wildman–Crippen MR) is 100 cm³/mol. The number of nitrogens with zero attached hydrogens (tertiary/aromatic N) is 2. The molecule has 0 heterocycles. The highest BCUT2D eigenvalue weighted by atomic mass is 127. The van der Waals surface area contributed by atoms with Crippen LogP contribution in [-0.2, 0) is 0 Å². The predicted octanol–water partition coefficient (Wildman–Crippen LogP) is 5.64. The molecule has 4 nitrogen and oxygen atoms in total. The van der Waals surface area contributed by atoms with Crippen LogP contribution in [0.3, 0.4) is 0 Å². The van der Waals surface area contributed by atoms with Crippen molar-refractivity contribution < 1.29 is 23.1 Å². The van der Waals surface area contributed by atoms with E-state index in [1.54, 1.807) is 28.9 Å². The first-order chi connectivity index (χ1) is 11.7. The van der Waals surface area contributed by atoms with E-state index in [4.69, 9.17) is 0 Å². The topological polar surface area (TPSA) is 35.9 Å². The van der Waals surface area contributed by atoms with Crippen molar-refractivity contribution >= 4 is 34.2 Å². The van der Waals surface area contributed by atoms with Gasteiger partial charge >= 0.3 is 6.36 Å². The molecule has 2 rings (SSSR count). The molecule has 0 aromatic heterocycles. The monoisotopic (exact) mass is 466 g/mol. The van der Waals surface area contributed by atoms with Gasteiger partial charge in [0.05, 0.1) is 28.6 Å². The molecule has 0 aliphatic heterocycles. The number of hydrogen-bond acceptors (Lipinski definition) is 4. The minimum Gasteiger partial charge on any atom is -0.406 e. The number of hydrogen-bond donors (Lipinski definition) is 1. The van der Waals surface area contributed by atoms with Crippen LogP contribution in [-0.4, -0.2) is 24.7 Å². The second kappa shape index (κ2) is 8.13. The molecule has 8 heteroatoms. The summed E-state index contributed by atoms with van der Waals surface area (Å²) in [5, 5.41) is 9.85. The molecule has 0 radical (unpaired) electrons. The SMILES string of the molecule is CCN(CC)c1ccc(N(O)I)c(-c2ccc(OC(F)(F)F)cc2)c1. The van der Waals surface area contributed by atoms with Gasteiger partial charge in [0.2, 0.25) is 0 Å². The summed E-state index contributed by atoms with van der Waals surface area (Å²) in [6.45, 7) is 5.72. The summed E-state index contributed by atoms with van der Waals surface area (Å²) >= 11 is 1.73. The van der Waals surface area contributed by atoms with Crippen LogP contribution >= 0.6 is 22.9 Å². The maximum Gasteiger partial charge on any atom is 0.573 e. The second-order valence-electron chi connectivity index (χ2n) is 5.21. The largest absolute Gasteiger partial charge is 0.573 e. The fourth-order valence-corrected chi connectivity index (χ4v) is 2.96. The average molecular weight is 466 g/mol. The summed E-state index contributed by atoms with van der Waals surface area (Å²) in [4.78, 5) is 2.14. The van der Waals surface area contributed by atoms with Crippen LogP contribution in [0.15, 0.2) is 42.5 Å². The minimum atomic E-state index is -4.72. The molecule has 0 bridgehead atoms. The van der Waals surface area contributed by atoms with Gasteiger partial charge in [-0.25, -0.2) is 0 Å². The lowest BCUT2D eigenvalue weighted by Crippen LogP contribution is -2.21. The molecule has 0 unspecified atom stereocenters. The lowest BCUT2D eigenvalue weighted by molar-refractivity contribution is -0.274. The molecule has 2 aromatic carbocycles. The first kappa shape index (κ1) is 19.6. The van der Waals surface area contributed by atoms with Crippen molar-refractivity contribution in [3.05, 3.63) is 42.5 Å². The van der Waals surface area contributed by atoms with E-state index >= 15 is 0 Å². The van der Waals surface area contributed by atoms with Gasteiger partial charge in [-0.15, -0.1) is 13.2 Å². The zero-order chi connectivity index (χ0) is 18.6. The molecule has 0 atom stereocenters. The Kier molecular flexibility index (Phi) is 6.39. The summed E-state index contributed by atoms with van der Waals surface area (Å²) < 4.78 is 41.7. The Labute approximate surface area is 158 Å². The smallest absolute Gasteiger partial charge is 0.406 e. The van der Waals surface area contributed by atoms with Gasteiger partial charge in [0.25, 0.3) is 0 Å². The Bertz CT molecular complexity index is 702. The fraction of sp³-hybridized carbons (Fsp3) is 0.294. The third kappa shape index (κ3) is 5.15. The van der Waals surface area contributed by atoms with Crippen LogP contribution in [0.1, 0.15) is 13.8 Å². The Morgan fingerprint density at radius 3 is 2.12 bits per heavy atom. The molecule has 0 saturated heterocycles. The van der Waals surface area contributed by atoms with E-state index in [9.17, 15) is 18.4 Å². The number of ether oxygens (including phenoxy) is 1. The van der Waals surface area contributed by atoms with E-state index in [1.807, 2.05) is 26.0 Å². The van der Waals surface area contributed by atoms with E-state index < -0.39 is 6.36 Å². The van der Waals surface area contributed by atoms with Crippen molar-refractivity contribution in [2.45, 2.75) is 20.2 Å². The fourth-order valence-electron chi connectivity index (χ4n) is 2.54. The average Bonchev–Trinajstić information content (AvgIpc) is 2.55. The lowest BCUT2D eigenvalue weighted by Gasteiger charge is -2.23. The normalized spacial score (nSPS) is 11.3. The summed E-state index contributed by atoms with van der Waals surface area (Å²) in [6.07, 6.45) is -4.72. The molecular formula is C17H18F3IN2O2. The van der Waals surface area contributed by atoms with Crippen LogP contribution < -0.4 is 12.9 Å². The van der Waals surface area contributed by atoms with Crippen molar-refractivity contribution in [3.63, 3.8) is 0 Å². The minimum absolute atomic E-state index is 0.284. The van der Waals surface area contributed by atoms with Gasteiger partial charge in [-0.3, -0.25) is 5.21 Å². The van der Waals surface area contributed by atoms with Gasteiger partial charge in [0.1, 0.15) is 5.75 Å². The molecule has 1 N–H and O–H groups in total. The van der Waals surface area contributed by atoms with Crippen molar-refractivity contribution in [1.82, 2.24) is 0 Å². The quantitative estimate of drug-likeness (QED) is 0.340. The molecule has 0 spiro atoms. The first-order valence-corrected chi connectivity index (χ1v) is 8.61. The summed E-state index contributed by atoms with van der Waals surface area (Å²) in [5.74, 6) is -0.284. The van der Waals surface area contributed by atoms with Crippen LogP contribution in [0.2, 0.25) is 0 Å². The van der Waals surface area contributed by atoms with Crippen molar-refractivity contribution in [1.29, 1.82) is 0 Å². The standard InChI is InChI=1S/C17H18F3IN2O2/c1-3-22(4-2)13-7-10-16(23(21)24)15(11-13)12-5-8-14(9-6-12)25-17(18,19)20/h5-11,24H,3-4H2,1-2H3. The Balaban J connectivity index is 2.43. The van der Waals surface area contributed by atoms with Crippen molar-refractivity contribution in [3.8, 4) is 16.9 Å². The zero-order valence-corrected chi connectivity index (χ0v) is 15.9. The highest BCUT2D eigenvalue weighted by molar-refractivity contribution is 14.1. The molecule has 0 aliphatic carbocycles. The Morgan fingerprint density at radius 1 is 1.04 bits per heavy atom.